The smallest absolute Gasteiger partial charge is 0.0466 e. The number of allylic oxidation sites excluding steroid dienone is 1. The van der Waals surface area contributed by atoms with E-state index in [2.05, 4.69) is 44.2 Å². The van der Waals surface area contributed by atoms with Crippen molar-refractivity contribution < 1.29 is 0 Å². The zero-order chi connectivity index (χ0) is 15.3. The summed E-state index contributed by atoms with van der Waals surface area (Å²) in [5, 5.41) is 3.88. The molecule has 0 aromatic carbocycles. The van der Waals surface area contributed by atoms with Crippen LogP contribution in [0.15, 0.2) is 11.6 Å². The maximum atomic E-state index is 3.88. The largest absolute Gasteiger partial charge is 0.309 e. The highest BCUT2D eigenvalue weighted by Gasteiger charge is 2.44. The topological polar surface area (TPSA) is 15.3 Å². The van der Waals surface area contributed by atoms with Crippen molar-refractivity contribution in [3.63, 3.8) is 0 Å². The lowest BCUT2D eigenvalue weighted by molar-refractivity contribution is 0.0483. The fraction of sp³-hybridized carbons (Fsp3) is 0.895. The van der Waals surface area contributed by atoms with Gasteiger partial charge < -0.3 is 10.2 Å². The van der Waals surface area contributed by atoms with E-state index in [4.69, 9.17) is 0 Å². The van der Waals surface area contributed by atoms with E-state index in [1.165, 1.54) is 57.8 Å². The van der Waals surface area contributed by atoms with Gasteiger partial charge >= 0.3 is 0 Å². The van der Waals surface area contributed by atoms with Crippen LogP contribution >= 0.6 is 0 Å². The third-order valence-corrected chi connectivity index (χ3v) is 5.79. The third-order valence-electron chi connectivity index (χ3n) is 5.79. The average molecular weight is 293 g/mol. The predicted octanol–water partition coefficient (Wildman–Crippen LogP) is 4.37. The van der Waals surface area contributed by atoms with E-state index in [1.807, 2.05) is 0 Å². The van der Waals surface area contributed by atoms with Crippen molar-refractivity contribution in [2.24, 2.45) is 5.92 Å². The molecule has 3 atom stereocenters. The lowest BCUT2D eigenvalue weighted by Crippen LogP contribution is -2.61. The highest BCUT2D eigenvalue weighted by Crippen LogP contribution is 2.41. The first kappa shape index (κ1) is 17.0. The Morgan fingerprint density at radius 3 is 2.76 bits per heavy atom. The summed E-state index contributed by atoms with van der Waals surface area (Å²) in [7, 11) is 4.61. The van der Waals surface area contributed by atoms with Gasteiger partial charge in [-0.1, -0.05) is 44.8 Å². The van der Waals surface area contributed by atoms with Gasteiger partial charge in [-0.25, -0.2) is 0 Å². The third kappa shape index (κ3) is 3.90. The van der Waals surface area contributed by atoms with Crippen LogP contribution in [0.25, 0.3) is 0 Å². The fourth-order valence-electron chi connectivity index (χ4n) is 4.66. The minimum absolute atomic E-state index is 0.323. The molecule has 1 saturated carbocycles. The van der Waals surface area contributed by atoms with E-state index in [0.717, 1.165) is 12.5 Å². The molecule has 0 bridgehead atoms. The fourth-order valence-corrected chi connectivity index (χ4v) is 4.66. The summed E-state index contributed by atoms with van der Waals surface area (Å²) in [5.41, 5.74) is 2.03. The van der Waals surface area contributed by atoms with Crippen LogP contribution in [0.2, 0.25) is 0 Å². The molecular formula is C19H36N2. The van der Waals surface area contributed by atoms with Crippen molar-refractivity contribution in [2.45, 2.75) is 83.2 Å². The second-order valence-corrected chi connectivity index (χ2v) is 7.57. The minimum Gasteiger partial charge on any atom is -0.309 e. The second kappa shape index (κ2) is 7.78. The molecule has 2 nitrogen and oxygen atoms in total. The average Bonchev–Trinajstić information content (AvgIpc) is 2.73. The summed E-state index contributed by atoms with van der Waals surface area (Å²) in [6.45, 7) is 5.79. The Balaban J connectivity index is 2.29. The molecule has 1 fully saturated rings. The SMILES string of the molecule is CCNC(C1=CCCCCC1)C1(N(C)C)CCCC(C)C1. The molecular weight excluding hydrogens is 256 g/mol. The van der Waals surface area contributed by atoms with E-state index in [-0.39, 0.29) is 0 Å². The lowest BCUT2D eigenvalue weighted by Gasteiger charge is -2.51. The van der Waals surface area contributed by atoms with Crippen LogP contribution in [0, 0.1) is 5.92 Å². The monoisotopic (exact) mass is 292 g/mol. The number of rotatable bonds is 5. The van der Waals surface area contributed by atoms with Gasteiger partial charge in [-0.3, -0.25) is 0 Å². The summed E-state index contributed by atoms with van der Waals surface area (Å²) >= 11 is 0. The van der Waals surface area contributed by atoms with E-state index in [1.54, 1.807) is 5.57 Å². The molecule has 0 amide bonds. The Hall–Kier alpha value is -0.340. The van der Waals surface area contributed by atoms with Crippen molar-refractivity contribution in [3.05, 3.63) is 11.6 Å². The van der Waals surface area contributed by atoms with Crippen molar-refractivity contribution in [2.75, 3.05) is 20.6 Å². The van der Waals surface area contributed by atoms with Gasteiger partial charge in [0.05, 0.1) is 0 Å². The van der Waals surface area contributed by atoms with Crippen molar-refractivity contribution in [1.82, 2.24) is 10.2 Å². The standard InChI is InChI=1S/C19H36N2/c1-5-20-18(17-12-8-6-7-9-13-17)19(21(3)4)14-10-11-16(2)15-19/h12,16,18,20H,5-11,13-15H2,1-4H3. The molecule has 0 aromatic heterocycles. The maximum absolute atomic E-state index is 3.88. The molecule has 2 rings (SSSR count). The zero-order valence-electron chi connectivity index (χ0n) is 14.8. The van der Waals surface area contributed by atoms with Gasteiger partial charge in [0.25, 0.3) is 0 Å². The molecule has 122 valence electrons. The Morgan fingerprint density at radius 2 is 2.10 bits per heavy atom. The zero-order valence-corrected chi connectivity index (χ0v) is 14.8. The predicted molar refractivity (Wildman–Crippen MR) is 92.7 cm³/mol. The number of nitrogens with zero attached hydrogens (tertiary/aromatic N) is 1. The summed E-state index contributed by atoms with van der Waals surface area (Å²) < 4.78 is 0. The highest BCUT2D eigenvalue weighted by atomic mass is 15.2. The molecule has 0 radical (unpaired) electrons. The van der Waals surface area contributed by atoms with Crippen LogP contribution in [0.5, 0.6) is 0 Å². The van der Waals surface area contributed by atoms with Gasteiger partial charge in [-0.2, -0.15) is 0 Å². The van der Waals surface area contributed by atoms with Crippen molar-refractivity contribution >= 4 is 0 Å². The molecule has 21 heavy (non-hydrogen) atoms. The first-order chi connectivity index (χ1) is 10.1. The molecule has 0 saturated heterocycles. The van der Waals surface area contributed by atoms with Crippen LogP contribution in [0.1, 0.15) is 71.6 Å². The van der Waals surface area contributed by atoms with Gasteiger partial charge in [-0.15, -0.1) is 0 Å². The summed E-state index contributed by atoms with van der Waals surface area (Å²) in [5.74, 6) is 0.855. The molecule has 3 unspecified atom stereocenters. The summed E-state index contributed by atoms with van der Waals surface area (Å²) in [6.07, 6.45) is 14.8. The first-order valence-electron chi connectivity index (χ1n) is 9.20. The van der Waals surface area contributed by atoms with Crippen molar-refractivity contribution in [3.8, 4) is 0 Å². The Bertz CT molecular complexity index is 347. The summed E-state index contributed by atoms with van der Waals surface area (Å²) in [4.78, 5) is 2.54. The lowest BCUT2D eigenvalue weighted by atomic mass is 9.69. The molecule has 2 aliphatic carbocycles. The molecule has 2 aliphatic rings. The molecule has 0 heterocycles. The minimum atomic E-state index is 0.323. The second-order valence-electron chi connectivity index (χ2n) is 7.57. The van der Waals surface area contributed by atoms with Gasteiger partial charge in [0.1, 0.15) is 0 Å². The first-order valence-corrected chi connectivity index (χ1v) is 9.20. The van der Waals surface area contributed by atoms with E-state index in [9.17, 15) is 0 Å². The van der Waals surface area contributed by atoms with E-state index < -0.39 is 0 Å². The molecule has 2 heteroatoms. The molecule has 0 spiro atoms. The molecule has 0 aliphatic heterocycles. The number of hydrogen-bond donors (Lipinski definition) is 1. The Morgan fingerprint density at radius 1 is 1.29 bits per heavy atom. The quantitative estimate of drug-likeness (QED) is 0.757. The van der Waals surface area contributed by atoms with Gasteiger partial charge in [-0.05, 0) is 65.1 Å². The Labute approximate surface area is 132 Å². The van der Waals surface area contributed by atoms with E-state index in [0.29, 0.717) is 11.6 Å². The van der Waals surface area contributed by atoms with E-state index >= 15 is 0 Å². The van der Waals surface area contributed by atoms with Gasteiger partial charge in [0.15, 0.2) is 0 Å². The summed E-state index contributed by atoms with van der Waals surface area (Å²) in [6, 6.07) is 0.554. The normalized spacial score (nSPS) is 32.6. The number of likely N-dealkylation sites (N-methyl/N-ethyl adjacent to an activating group) is 2. The van der Waals surface area contributed by atoms with Crippen LogP contribution in [0.3, 0.4) is 0 Å². The highest BCUT2D eigenvalue weighted by molar-refractivity contribution is 5.21. The van der Waals surface area contributed by atoms with Gasteiger partial charge in [0.2, 0.25) is 0 Å². The maximum Gasteiger partial charge on any atom is 0.0466 e. The number of nitrogens with one attached hydrogen (secondary N) is 1. The van der Waals surface area contributed by atoms with Crippen molar-refractivity contribution in [1.29, 1.82) is 0 Å². The number of hydrogen-bond acceptors (Lipinski definition) is 2. The van der Waals surface area contributed by atoms with Crippen LogP contribution in [-0.4, -0.2) is 37.1 Å². The molecule has 1 N–H and O–H groups in total. The Kier molecular flexibility index (Phi) is 6.31. The molecule has 0 aromatic rings. The van der Waals surface area contributed by atoms with Gasteiger partial charge in [0, 0.05) is 11.6 Å². The van der Waals surface area contributed by atoms with Crippen LogP contribution in [-0.2, 0) is 0 Å². The van der Waals surface area contributed by atoms with Crippen LogP contribution in [0.4, 0.5) is 0 Å². The van der Waals surface area contributed by atoms with Crippen LogP contribution < -0.4 is 5.32 Å².